The molecule has 49 heavy (non-hydrogen) atoms. The van der Waals surface area contributed by atoms with Crippen molar-refractivity contribution in [1.82, 2.24) is 9.80 Å². The Bertz CT molecular complexity index is 1510. The van der Waals surface area contributed by atoms with Crippen molar-refractivity contribution in [1.29, 1.82) is 0 Å². The summed E-state index contributed by atoms with van der Waals surface area (Å²) in [5.74, 6) is -1.83. The van der Waals surface area contributed by atoms with E-state index in [2.05, 4.69) is 29.1 Å². The second kappa shape index (κ2) is 15.2. The first kappa shape index (κ1) is 35.4. The molecule has 2 aromatic carbocycles. The minimum absolute atomic E-state index is 0.0203. The molecule has 262 valence electrons. The number of hydrogen-bond acceptors (Lipinski definition) is 6. The molecule has 0 aromatic heterocycles. The molecule has 3 amide bonds. The number of rotatable bonds is 14. The maximum Gasteiger partial charge on any atom is 0.248 e. The van der Waals surface area contributed by atoms with Gasteiger partial charge in [0.15, 0.2) is 0 Å². The first-order valence-corrected chi connectivity index (χ1v) is 18.6. The van der Waals surface area contributed by atoms with Crippen molar-refractivity contribution in [2.24, 2.45) is 11.8 Å². The van der Waals surface area contributed by atoms with Crippen LogP contribution in [0.4, 0.5) is 5.69 Å². The number of nitrogens with zero attached hydrogens (tertiary/aromatic N) is 3. The Morgan fingerprint density at radius 3 is 2.39 bits per heavy atom. The van der Waals surface area contributed by atoms with E-state index in [0.717, 1.165) is 37.7 Å². The van der Waals surface area contributed by atoms with Gasteiger partial charge in [-0.15, -0.1) is 13.2 Å². The van der Waals surface area contributed by atoms with Gasteiger partial charge in [-0.1, -0.05) is 77.7 Å². The Morgan fingerprint density at radius 2 is 1.76 bits per heavy atom. The topological polar surface area (TPSA) is 99.6 Å². The predicted octanol–water partition coefficient (Wildman–Crippen LogP) is 5.30. The molecule has 1 spiro atoms. The molecule has 3 aliphatic heterocycles. The molecule has 2 bridgehead atoms. The second-order valence-electron chi connectivity index (χ2n) is 13.7. The number of likely N-dealkylation sites (tertiary alicyclic amines) is 1. The summed E-state index contributed by atoms with van der Waals surface area (Å²) in [5.41, 5.74) is 0.344. The lowest BCUT2D eigenvalue weighted by atomic mass is 9.70. The summed E-state index contributed by atoms with van der Waals surface area (Å²) < 4.78 is 12.5. The molecule has 1 saturated carbocycles. The fourth-order valence-corrected chi connectivity index (χ4v) is 9.73. The summed E-state index contributed by atoms with van der Waals surface area (Å²) in [7, 11) is 0. The number of benzene rings is 2. The molecule has 3 unspecified atom stereocenters. The summed E-state index contributed by atoms with van der Waals surface area (Å²) in [5, 5.41) is 10.9. The number of halogens is 1. The third-order valence-corrected chi connectivity index (χ3v) is 11.7. The molecule has 9 nitrogen and oxygen atoms in total. The molecule has 4 fully saturated rings. The highest BCUT2D eigenvalue weighted by Gasteiger charge is 2.77. The van der Waals surface area contributed by atoms with Gasteiger partial charge in [-0.25, -0.2) is 0 Å². The van der Waals surface area contributed by atoms with Gasteiger partial charge in [-0.3, -0.25) is 14.4 Å². The third kappa shape index (κ3) is 6.48. The number of anilines is 1. The second-order valence-corrected chi connectivity index (χ2v) is 14.8. The van der Waals surface area contributed by atoms with E-state index >= 15 is 9.59 Å². The fourth-order valence-electron chi connectivity index (χ4n) is 8.79. The lowest BCUT2D eigenvalue weighted by molar-refractivity contribution is -0.153. The van der Waals surface area contributed by atoms with Crippen molar-refractivity contribution < 1.29 is 29.0 Å². The fraction of sp³-hybridized carbons (Fsp3) is 0.513. The van der Waals surface area contributed by atoms with Crippen LogP contribution in [-0.4, -0.2) is 93.6 Å². The van der Waals surface area contributed by atoms with Crippen LogP contribution in [0.1, 0.15) is 51.0 Å². The molecule has 10 heteroatoms. The van der Waals surface area contributed by atoms with Gasteiger partial charge >= 0.3 is 0 Å². The number of hydrogen-bond donors (Lipinski definition) is 1. The van der Waals surface area contributed by atoms with E-state index in [4.69, 9.17) is 9.47 Å². The lowest BCUT2D eigenvalue weighted by Gasteiger charge is -2.42. The predicted molar refractivity (Wildman–Crippen MR) is 193 cm³/mol. The van der Waals surface area contributed by atoms with Crippen molar-refractivity contribution in [3.63, 3.8) is 0 Å². The molecule has 1 N–H and O–H groups in total. The lowest BCUT2D eigenvalue weighted by Crippen LogP contribution is -2.61. The van der Waals surface area contributed by atoms with Crippen LogP contribution >= 0.6 is 15.9 Å². The zero-order chi connectivity index (χ0) is 34.7. The number of amides is 3. The molecule has 6 rings (SSSR count). The Morgan fingerprint density at radius 1 is 1.06 bits per heavy atom. The maximum atomic E-state index is 15.1. The van der Waals surface area contributed by atoms with Gasteiger partial charge in [0.1, 0.15) is 17.4 Å². The van der Waals surface area contributed by atoms with Gasteiger partial charge in [0, 0.05) is 29.6 Å². The van der Waals surface area contributed by atoms with Gasteiger partial charge < -0.3 is 29.3 Å². The van der Waals surface area contributed by atoms with Gasteiger partial charge in [0.25, 0.3) is 0 Å². The molecule has 7 atom stereocenters. The molecule has 4 aliphatic rings. The minimum atomic E-state index is -1.25. The van der Waals surface area contributed by atoms with Gasteiger partial charge in [-0.05, 0) is 62.4 Å². The van der Waals surface area contributed by atoms with E-state index in [-0.39, 0.29) is 41.7 Å². The highest BCUT2D eigenvalue weighted by molar-refractivity contribution is 9.09. The van der Waals surface area contributed by atoms with E-state index in [1.165, 1.54) is 0 Å². The monoisotopic (exact) mass is 733 g/mol. The normalized spacial score (nSPS) is 28.2. The smallest absolute Gasteiger partial charge is 0.248 e. The van der Waals surface area contributed by atoms with Crippen LogP contribution in [0.3, 0.4) is 0 Å². The van der Waals surface area contributed by atoms with Crippen LogP contribution in [0.15, 0.2) is 79.9 Å². The van der Waals surface area contributed by atoms with Crippen LogP contribution in [0.5, 0.6) is 5.75 Å². The third-order valence-electron chi connectivity index (χ3n) is 10.8. The number of carbonyl (C=O) groups is 3. The van der Waals surface area contributed by atoms with Gasteiger partial charge in [0.2, 0.25) is 17.7 Å². The summed E-state index contributed by atoms with van der Waals surface area (Å²) >= 11 is 3.82. The average Bonchev–Trinajstić information content (AvgIpc) is 3.72. The zero-order valence-corrected chi connectivity index (χ0v) is 29.9. The zero-order valence-electron chi connectivity index (χ0n) is 28.3. The molecule has 0 radical (unpaired) electrons. The van der Waals surface area contributed by atoms with E-state index in [1.807, 2.05) is 66.4 Å². The van der Waals surface area contributed by atoms with E-state index in [9.17, 15) is 9.90 Å². The first-order valence-electron chi connectivity index (χ1n) is 17.6. The summed E-state index contributed by atoms with van der Waals surface area (Å²) in [6, 6.07) is 15.3. The SMILES string of the molecule is C=CCN(C(=O)[C@H]1[C@H]2C(=O)N([C@@H](CO)Cc3ccccc3)C(C(=O)N(CC=C)C3CCCCC3)C23CC(Br)[C@@H]1O3)c1ccc(OCC)cc1. The largest absolute Gasteiger partial charge is 0.494 e. The molecule has 3 saturated heterocycles. The Labute approximate surface area is 298 Å². The van der Waals surface area contributed by atoms with Crippen LogP contribution < -0.4 is 9.64 Å². The van der Waals surface area contributed by atoms with E-state index in [0.29, 0.717) is 37.4 Å². The highest BCUT2D eigenvalue weighted by Crippen LogP contribution is 2.61. The standard InChI is InChI=1S/C39H48BrN3O6/c1-4-21-41(28-17-19-30(20-18-28)48-6-3)36(45)32-33-37(46)43(29(25-44)23-26-13-9-7-10-14-26)35(39(33)24-31(40)34(32)49-39)38(47)42(22-5-2)27-15-11-8-12-16-27/h4-5,7,9-10,13-14,17-20,27,29,31-35,44H,1-2,6,8,11-12,15-16,21-25H2,3H3/t29-,31?,32+,33+,34+,35?,39?/m1/s1. The molecule has 1 aliphatic carbocycles. The van der Waals surface area contributed by atoms with Crippen molar-refractivity contribution in [2.45, 2.75) is 86.5 Å². The Kier molecular flexibility index (Phi) is 11.0. The van der Waals surface area contributed by atoms with E-state index < -0.39 is 35.6 Å². The average molecular weight is 735 g/mol. The number of fused-ring (bicyclic) bond motifs is 1. The van der Waals surface area contributed by atoms with Crippen LogP contribution in [0.2, 0.25) is 0 Å². The van der Waals surface area contributed by atoms with Gasteiger partial charge in [-0.2, -0.15) is 0 Å². The van der Waals surface area contributed by atoms with Crippen LogP contribution in [0.25, 0.3) is 0 Å². The quantitative estimate of drug-likeness (QED) is 0.209. The highest BCUT2D eigenvalue weighted by atomic mass is 79.9. The molecular weight excluding hydrogens is 686 g/mol. The Balaban J connectivity index is 1.42. The summed E-state index contributed by atoms with van der Waals surface area (Å²) in [6.07, 6.45) is 8.50. The van der Waals surface area contributed by atoms with Crippen molar-refractivity contribution >= 4 is 39.3 Å². The number of alkyl halides is 1. The summed E-state index contributed by atoms with van der Waals surface area (Å²) in [6.45, 7) is 10.5. The first-order chi connectivity index (χ1) is 23.8. The molecule has 3 heterocycles. The van der Waals surface area contributed by atoms with Crippen molar-refractivity contribution in [2.75, 3.05) is 31.2 Å². The number of ether oxygens (including phenoxy) is 2. The van der Waals surface area contributed by atoms with Crippen LogP contribution in [0, 0.1) is 11.8 Å². The summed E-state index contributed by atoms with van der Waals surface area (Å²) in [4.78, 5) is 49.7. The Hall–Kier alpha value is -3.47. The van der Waals surface area contributed by atoms with Crippen molar-refractivity contribution in [3.05, 3.63) is 85.5 Å². The number of aliphatic hydroxyl groups is 1. The van der Waals surface area contributed by atoms with Gasteiger partial charge in [0.05, 0.1) is 37.2 Å². The number of carbonyl (C=O) groups excluding carboxylic acids is 3. The number of aliphatic hydroxyl groups excluding tert-OH is 1. The molecule has 2 aromatic rings. The maximum absolute atomic E-state index is 15.1. The van der Waals surface area contributed by atoms with Crippen molar-refractivity contribution in [3.8, 4) is 5.75 Å². The minimum Gasteiger partial charge on any atom is -0.494 e. The van der Waals surface area contributed by atoms with Crippen LogP contribution in [-0.2, 0) is 25.5 Å². The van der Waals surface area contributed by atoms with E-state index in [1.54, 1.807) is 22.0 Å². The molecular formula is C39H48BrN3O6.